The molecule has 0 saturated carbocycles. The average Bonchev–Trinajstić information content (AvgIpc) is 3.09. The van der Waals surface area contributed by atoms with Crippen molar-refractivity contribution in [3.63, 3.8) is 0 Å². The molecule has 1 aliphatic rings. The van der Waals surface area contributed by atoms with Gasteiger partial charge in [-0.25, -0.2) is 4.98 Å². The van der Waals surface area contributed by atoms with Crippen molar-refractivity contribution in [2.45, 2.75) is 25.9 Å². The molecule has 100 valence electrons. The fourth-order valence-corrected chi connectivity index (χ4v) is 2.25. The molecule has 2 aromatic rings. The first-order valence-electron chi connectivity index (χ1n) is 6.39. The van der Waals surface area contributed by atoms with E-state index in [9.17, 15) is 0 Å². The molecule has 0 radical (unpaired) electrons. The lowest BCUT2D eigenvalue weighted by Gasteiger charge is -2.19. The van der Waals surface area contributed by atoms with Crippen LogP contribution in [0.15, 0.2) is 30.6 Å². The number of hydrogen-bond donors (Lipinski definition) is 2. The zero-order chi connectivity index (χ0) is 13.2. The molecule has 1 aromatic carbocycles. The number of fused-ring (bicyclic) bond motifs is 1. The summed E-state index contributed by atoms with van der Waals surface area (Å²) in [5.41, 5.74) is 1.17. The minimum Gasteiger partial charge on any atom is -0.454 e. The molecule has 5 heteroatoms. The molecule has 1 aliphatic heterocycles. The smallest absolute Gasteiger partial charge is 0.231 e. The number of H-pyrrole nitrogens is 1. The van der Waals surface area contributed by atoms with Crippen LogP contribution in [0.25, 0.3) is 0 Å². The van der Waals surface area contributed by atoms with Crippen LogP contribution in [0.3, 0.4) is 0 Å². The van der Waals surface area contributed by atoms with Crippen molar-refractivity contribution in [1.29, 1.82) is 0 Å². The Morgan fingerprint density at radius 3 is 2.84 bits per heavy atom. The van der Waals surface area contributed by atoms with Crippen LogP contribution in [0, 0.1) is 0 Å². The topological polar surface area (TPSA) is 59.2 Å². The predicted molar refractivity (Wildman–Crippen MR) is 71.1 cm³/mol. The third-order valence-electron chi connectivity index (χ3n) is 3.33. The van der Waals surface area contributed by atoms with Gasteiger partial charge in [0.2, 0.25) is 6.79 Å². The van der Waals surface area contributed by atoms with Crippen LogP contribution < -0.4 is 14.8 Å². The summed E-state index contributed by atoms with van der Waals surface area (Å²) >= 11 is 0. The number of aromatic amines is 1. The highest BCUT2D eigenvalue weighted by molar-refractivity contribution is 5.45. The Labute approximate surface area is 112 Å². The van der Waals surface area contributed by atoms with Crippen LogP contribution in [0.5, 0.6) is 11.5 Å². The molecular formula is C14H17N3O2. The van der Waals surface area contributed by atoms with Gasteiger partial charge in [0.1, 0.15) is 5.82 Å². The number of ether oxygens (including phenoxy) is 2. The van der Waals surface area contributed by atoms with E-state index in [0.717, 1.165) is 17.3 Å². The summed E-state index contributed by atoms with van der Waals surface area (Å²) in [5.74, 6) is 2.57. The second-order valence-electron chi connectivity index (χ2n) is 4.70. The summed E-state index contributed by atoms with van der Waals surface area (Å²) in [6, 6.07) is 6.40. The molecule has 3 rings (SSSR count). The van der Waals surface area contributed by atoms with Crippen molar-refractivity contribution < 1.29 is 9.47 Å². The van der Waals surface area contributed by atoms with Crippen LogP contribution in [0.2, 0.25) is 0 Å². The molecular weight excluding hydrogens is 242 g/mol. The van der Waals surface area contributed by atoms with E-state index in [1.165, 1.54) is 5.56 Å². The first-order chi connectivity index (χ1) is 9.24. The second kappa shape index (κ2) is 4.93. The van der Waals surface area contributed by atoms with Crippen molar-refractivity contribution in [3.8, 4) is 11.5 Å². The molecule has 2 N–H and O–H groups in total. The standard InChI is InChI=1S/C14H17N3O2/c1-9(17-10(2)14-15-5-6-16-14)11-3-4-12-13(7-11)19-8-18-12/h3-7,9-10,17H,8H2,1-2H3,(H,15,16). The number of rotatable bonds is 4. The molecule has 19 heavy (non-hydrogen) atoms. The van der Waals surface area contributed by atoms with Gasteiger partial charge in [-0.2, -0.15) is 0 Å². The molecule has 0 saturated heterocycles. The van der Waals surface area contributed by atoms with Gasteiger partial charge in [0, 0.05) is 18.4 Å². The van der Waals surface area contributed by atoms with E-state index < -0.39 is 0 Å². The lowest BCUT2D eigenvalue weighted by molar-refractivity contribution is 0.174. The number of aromatic nitrogens is 2. The van der Waals surface area contributed by atoms with E-state index in [-0.39, 0.29) is 12.1 Å². The van der Waals surface area contributed by atoms with E-state index in [1.807, 2.05) is 18.3 Å². The van der Waals surface area contributed by atoms with Crippen LogP contribution in [-0.2, 0) is 0 Å². The lowest BCUT2D eigenvalue weighted by Crippen LogP contribution is -2.23. The maximum Gasteiger partial charge on any atom is 0.231 e. The molecule has 2 unspecified atom stereocenters. The maximum absolute atomic E-state index is 5.40. The number of nitrogens with one attached hydrogen (secondary N) is 2. The molecule has 1 aromatic heterocycles. The Hall–Kier alpha value is -2.01. The molecule has 0 amide bonds. The van der Waals surface area contributed by atoms with Gasteiger partial charge in [0.15, 0.2) is 11.5 Å². The quantitative estimate of drug-likeness (QED) is 0.886. The average molecular weight is 259 g/mol. The van der Waals surface area contributed by atoms with Crippen molar-refractivity contribution >= 4 is 0 Å². The molecule has 0 spiro atoms. The normalized spacial score (nSPS) is 16.3. The maximum atomic E-state index is 5.40. The number of benzene rings is 1. The SMILES string of the molecule is CC(NC(C)c1ncc[nH]1)c1ccc2c(c1)OCO2. The van der Waals surface area contributed by atoms with Crippen LogP contribution >= 0.6 is 0 Å². The summed E-state index contributed by atoms with van der Waals surface area (Å²) in [6.07, 6.45) is 3.59. The van der Waals surface area contributed by atoms with E-state index in [2.05, 4.69) is 35.2 Å². The minimum atomic E-state index is 0.162. The Morgan fingerprint density at radius 2 is 2.05 bits per heavy atom. The van der Waals surface area contributed by atoms with Crippen molar-refractivity contribution in [2.24, 2.45) is 0 Å². The fraction of sp³-hybridized carbons (Fsp3) is 0.357. The van der Waals surface area contributed by atoms with Crippen LogP contribution in [-0.4, -0.2) is 16.8 Å². The third-order valence-corrected chi connectivity index (χ3v) is 3.33. The highest BCUT2D eigenvalue weighted by atomic mass is 16.7. The van der Waals surface area contributed by atoms with E-state index in [4.69, 9.17) is 9.47 Å². The Balaban J connectivity index is 1.72. The summed E-state index contributed by atoms with van der Waals surface area (Å²) in [7, 11) is 0. The van der Waals surface area contributed by atoms with Gasteiger partial charge in [0.05, 0.1) is 6.04 Å². The van der Waals surface area contributed by atoms with Gasteiger partial charge in [-0.05, 0) is 31.5 Å². The van der Waals surface area contributed by atoms with E-state index in [0.29, 0.717) is 6.79 Å². The van der Waals surface area contributed by atoms with Gasteiger partial charge in [-0.1, -0.05) is 6.07 Å². The monoisotopic (exact) mass is 259 g/mol. The van der Waals surface area contributed by atoms with Gasteiger partial charge in [-0.15, -0.1) is 0 Å². The first kappa shape index (κ1) is 12.0. The summed E-state index contributed by atoms with van der Waals surface area (Å²) in [4.78, 5) is 7.38. The number of hydrogen-bond acceptors (Lipinski definition) is 4. The second-order valence-corrected chi connectivity index (χ2v) is 4.70. The highest BCUT2D eigenvalue weighted by Gasteiger charge is 2.17. The fourth-order valence-electron chi connectivity index (χ4n) is 2.25. The molecule has 2 atom stereocenters. The Morgan fingerprint density at radius 1 is 1.21 bits per heavy atom. The first-order valence-corrected chi connectivity index (χ1v) is 6.39. The van der Waals surface area contributed by atoms with Gasteiger partial charge >= 0.3 is 0 Å². The molecule has 2 heterocycles. The van der Waals surface area contributed by atoms with Crippen LogP contribution in [0.1, 0.15) is 37.3 Å². The van der Waals surface area contributed by atoms with E-state index >= 15 is 0 Å². The van der Waals surface area contributed by atoms with Crippen LogP contribution in [0.4, 0.5) is 0 Å². The number of imidazole rings is 1. The molecule has 5 nitrogen and oxygen atoms in total. The summed E-state index contributed by atoms with van der Waals surface area (Å²) < 4.78 is 10.7. The zero-order valence-corrected chi connectivity index (χ0v) is 11.0. The Kier molecular flexibility index (Phi) is 3.13. The molecule has 0 bridgehead atoms. The predicted octanol–water partition coefficient (Wildman–Crippen LogP) is 2.55. The molecule has 0 fully saturated rings. The van der Waals surface area contributed by atoms with Gasteiger partial charge < -0.3 is 19.8 Å². The highest BCUT2D eigenvalue weighted by Crippen LogP contribution is 2.34. The summed E-state index contributed by atoms with van der Waals surface area (Å²) in [6.45, 7) is 4.52. The van der Waals surface area contributed by atoms with E-state index in [1.54, 1.807) is 6.20 Å². The summed E-state index contributed by atoms with van der Waals surface area (Å²) in [5, 5.41) is 3.50. The van der Waals surface area contributed by atoms with Crippen molar-refractivity contribution in [1.82, 2.24) is 15.3 Å². The molecule has 0 aliphatic carbocycles. The lowest BCUT2D eigenvalue weighted by atomic mass is 10.1. The zero-order valence-electron chi connectivity index (χ0n) is 11.0. The third kappa shape index (κ3) is 2.42. The van der Waals surface area contributed by atoms with Crippen molar-refractivity contribution in [3.05, 3.63) is 42.0 Å². The number of nitrogens with zero attached hydrogens (tertiary/aromatic N) is 1. The largest absolute Gasteiger partial charge is 0.454 e. The Bertz CT molecular complexity index is 554. The van der Waals surface area contributed by atoms with Gasteiger partial charge in [-0.3, -0.25) is 0 Å². The van der Waals surface area contributed by atoms with Crippen molar-refractivity contribution in [2.75, 3.05) is 6.79 Å². The minimum absolute atomic E-state index is 0.162. The van der Waals surface area contributed by atoms with Gasteiger partial charge in [0.25, 0.3) is 0 Å².